The predicted molar refractivity (Wildman–Crippen MR) is 141 cm³/mol. The van der Waals surface area contributed by atoms with E-state index in [0.717, 1.165) is 15.6 Å². The first-order valence-corrected chi connectivity index (χ1v) is 12.0. The molecule has 0 saturated carbocycles. The molecule has 8 heteroatoms. The van der Waals surface area contributed by atoms with Crippen molar-refractivity contribution >= 4 is 45.1 Å². The van der Waals surface area contributed by atoms with Crippen molar-refractivity contribution in [3.63, 3.8) is 0 Å². The number of amides is 2. The molecule has 0 bridgehead atoms. The van der Waals surface area contributed by atoms with Crippen LogP contribution in [0.1, 0.15) is 27.9 Å². The molecule has 6 nitrogen and oxygen atoms in total. The Balaban J connectivity index is 1.69. The lowest BCUT2D eigenvalue weighted by atomic mass is 10.1. The van der Waals surface area contributed by atoms with Crippen molar-refractivity contribution in [1.82, 2.24) is 10.2 Å². The van der Waals surface area contributed by atoms with Crippen LogP contribution in [0.5, 0.6) is 5.75 Å². The summed E-state index contributed by atoms with van der Waals surface area (Å²) in [6.07, 6.45) is 0.835. The highest BCUT2D eigenvalue weighted by molar-refractivity contribution is 9.10. The van der Waals surface area contributed by atoms with Gasteiger partial charge in [-0.1, -0.05) is 76.6 Å². The highest BCUT2D eigenvalue weighted by Crippen LogP contribution is 2.24. The summed E-state index contributed by atoms with van der Waals surface area (Å²) in [6, 6.07) is 24.9. The largest absolute Gasteiger partial charge is 0.492 e. The van der Waals surface area contributed by atoms with Crippen molar-refractivity contribution in [3.05, 3.63) is 100 Å². The number of nitrogens with one attached hydrogen (secondary N) is 1. The van der Waals surface area contributed by atoms with Crippen LogP contribution in [0.3, 0.4) is 0 Å². The van der Waals surface area contributed by atoms with Gasteiger partial charge in [0.1, 0.15) is 5.75 Å². The minimum absolute atomic E-state index is 0.119. The molecule has 3 aromatic rings. The number of benzene rings is 3. The van der Waals surface area contributed by atoms with Gasteiger partial charge < -0.3 is 15.4 Å². The van der Waals surface area contributed by atoms with Crippen LogP contribution in [0.15, 0.2) is 83.3 Å². The molecule has 2 amide bonds. The average molecular weight is 540 g/mol. The van der Waals surface area contributed by atoms with E-state index in [4.69, 9.17) is 22.7 Å². The lowest BCUT2D eigenvalue weighted by Crippen LogP contribution is -2.43. The van der Waals surface area contributed by atoms with E-state index in [9.17, 15) is 9.59 Å². The number of hydrogen-bond donors (Lipinski definition) is 2. The molecule has 3 N–H and O–H groups in total. The third-order valence-electron chi connectivity index (χ3n) is 5.03. The maximum absolute atomic E-state index is 13.1. The minimum atomic E-state index is -0.437. The van der Waals surface area contributed by atoms with Crippen LogP contribution in [0, 0.1) is 0 Å². The molecule has 176 valence electrons. The number of hydrogen-bond acceptors (Lipinski definition) is 4. The first-order valence-electron chi connectivity index (χ1n) is 10.8. The van der Waals surface area contributed by atoms with Gasteiger partial charge in [-0.05, 0) is 41.5 Å². The molecule has 0 radical (unpaired) electrons. The summed E-state index contributed by atoms with van der Waals surface area (Å²) in [5.74, 6) is -0.363. The third kappa shape index (κ3) is 7.97. The van der Waals surface area contributed by atoms with Crippen LogP contribution in [0.4, 0.5) is 0 Å². The Morgan fingerprint density at radius 3 is 2.26 bits per heavy atom. The molecule has 0 atom stereocenters. The second-order valence-electron chi connectivity index (χ2n) is 7.61. The number of carbonyl (C=O) groups excluding carboxylic acids is 2. The Bertz CT molecular complexity index is 1130. The van der Waals surface area contributed by atoms with E-state index in [1.54, 1.807) is 17.0 Å². The standard InChI is InChI=1S/C26H26BrN3O3S/c27-21-11-12-23(33-16-14-19-7-3-1-4-8-19)22(17-21)25(32)29-26(34)30(15-13-24(28)31)18-20-9-5-2-6-10-20/h1-12,17H,13-16,18H2,(H2,28,31)(H,29,32,34). The quantitative estimate of drug-likeness (QED) is 0.371. The van der Waals surface area contributed by atoms with Crippen molar-refractivity contribution in [2.75, 3.05) is 13.2 Å². The Labute approximate surface area is 213 Å². The van der Waals surface area contributed by atoms with E-state index in [0.29, 0.717) is 37.4 Å². The van der Waals surface area contributed by atoms with E-state index in [1.165, 1.54) is 0 Å². The van der Waals surface area contributed by atoms with Gasteiger partial charge in [-0.2, -0.15) is 0 Å². The van der Waals surface area contributed by atoms with Gasteiger partial charge in [-0.15, -0.1) is 0 Å². The second kappa shape index (κ2) is 12.9. The summed E-state index contributed by atoms with van der Waals surface area (Å²) in [7, 11) is 0. The maximum Gasteiger partial charge on any atom is 0.261 e. The molecule has 0 aliphatic carbocycles. The van der Waals surface area contributed by atoms with Crippen LogP contribution in [0.2, 0.25) is 0 Å². The van der Waals surface area contributed by atoms with E-state index in [2.05, 4.69) is 21.2 Å². The highest BCUT2D eigenvalue weighted by atomic mass is 79.9. The number of halogens is 1. The van der Waals surface area contributed by atoms with Crippen molar-refractivity contribution < 1.29 is 14.3 Å². The van der Waals surface area contributed by atoms with Crippen molar-refractivity contribution in [2.45, 2.75) is 19.4 Å². The molecular weight excluding hydrogens is 514 g/mol. The molecule has 3 rings (SSSR count). The van der Waals surface area contributed by atoms with Crippen LogP contribution < -0.4 is 15.8 Å². The van der Waals surface area contributed by atoms with Gasteiger partial charge in [-0.25, -0.2) is 0 Å². The number of nitrogens with two attached hydrogens (primary N) is 1. The minimum Gasteiger partial charge on any atom is -0.492 e. The monoisotopic (exact) mass is 539 g/mol. The van der Waals surface area contributed by atoms with Crippen LogP contribution in [-0.4, -0.2) is 35.0 Å². The van der Waals surface area contributed by atoms with Gasteiger partial charge in [0.2, 0.25) is 5.91 Å². The molecule has 0 heterocycles. The van der Waals surface area contributed by atoms with Gasteiger partial charge >= 0.3 is 0 Å². The molecule has 0 aliphatic rings. The van der Waals surface area contributed by atoms with E-state index >= 15 is 0 Å². The zero-order chi connectivity index (χ0) is 24.3. The Kier molecular flexibility index (Phi) is 9.61. The Morgan fingerprint density at radius 1 is 0.971 bits per heavy atom. The van der Waals surface area contributed by atoms with Crippen molar-refractivity contribution in [3.8, 4) is 5.75 Å². The molecule has 0 fully saturated rings. The molecular formula is C26H26BrN3O3S. The summed E-state index contributed by atoms with van der Waals surface area (Å²) < 4.78 is 6.68. The molecule has 0 aromatic heterocycles. The molecule has 3 aromatic carbocycles. The fourth-order valence-electron chi connectivity index (χ4n) is 3.27. The SMILES string of the molecule is NC(=O)CCN(Cc1ccccc1)C(=S)NC(=O)c1cc(Br)ccc1OCCc1ccccc1. The number of rotatable bonds is 10. The van der Waals surface area contributed by atoms with Gasteiger partial charge in [0.05, 0.1) is 12.2 Å². The number of ether oxygens (including phenoxy) is 1. The number of thiocarbonyl (C=S) groups is 1. The smallest absolute Gasteiger partial charge is 0.261 e. The topological polar surface area (TPSA) is 84.7 Å². The summed E-state index contributed by atoms with van der Waals surface area (Å²) in [6.45, 7) is 1.16. The van der Waals surface area contributed by atoms with Crippen LogP contribution in [0.25, 0.3) is 0 Å². The first-order chi connectivity index (χ1) is 16.4. The lowest BCUT2D eigenvalue weighted by Gasteiger charge is -2.25. The summed E-state index contributed by atoms with van der Waals surface area (Å²) in [4.78, 5) is 26.2. The fraction of sp³-hybridized carbons (Fsp3) is 0.192. The van der Waals surface area contributed by atoms with E-state index < -0.39 is 11.8 Å². The second-order valence-corrected chi connectivity index (χ2v) is 8.91. The third-order valence-corrected chi connectivity index (χ3v) is 5.88. The maximum atomic E-state index is 13.1. The zero-order valence-electron chi connectivity index (χ0n) is 18.6. The van der Waals surface area contributed by atoms with Gasteiger partial charge in [0.25, 0.3) is 5.91 Å². The molecule has 0 saturated heterocycles. The van der Waals surface area contributed by atoms with Gasteiger partial charge in [0.15, 0.2) is 5.11 Å². The number of nitrogens with zero attached hydrogens (tertiary/aromatic N) is 1. The molecule has 34 heavy (non-hydrogen) atoms. The van der Waals surface area contributed by atoms with E-state index in [1.807, 2.05) is 66.7 Å². The van der Waals surface area contributed by atoms with Crippen molar-refractivity contribution in [1.29, 1.82) is 0 Å². The van der Waals surface area contributed by atoms with Gasteiger partial charge in [-0.3, -0.25) is 14.9 Å². The molecule has 0 aliphatic heterocycles. The summed E-state index contributed by atoms with van der Waals surface area (Å²) >= 11 is 8.94. The zero-order valence-corrected chi connectivity index (χ0v) is 21.0. The lowest BCUT2D eigenvalue weighted by molar-refractivity contribution is -0.118. The van der Waals surface area contributed by atoms with Crippen LogP contribution >= 0.6 is 28.1 Å². The first kappa shape index (κ1) is 25.4. The summed E-state index contributed by atoms with van der Waals surface area (Å²) in [5, 5.41) is 2.99. The predicted octanol–water partition coefficient (Wildman–Crippen LogP) is 4.46. The average Bonchev–Trinajstić information content (AvgIpc) is 2.83. The van der Waals surface area contributed by atoms with Crippen molar-refractivity contribution in [2.24, 2.45) is 5.73 Å². The normalized spacial score (nSPS) is 10.4. The van der Waals surface area contributed by atoms with Gasteiger partial charge in [0, 0.05) is 30.4 Å². The van der Waals surface area contributed by atoms with E-state index in [-0.39, 0.29) is 11.5 Å². The van der Waals surface area contributed by atoms with Crippen LogP contribution in [-0.2, 0) is 17.8 Å². The molecule has 0 unspecified atom stereocenters. The molecule has 0 spiro atoms. The Hall–Kier alpha value is -3.23. The Morgan fingerprint density at radius 2 is 1.62 bits per heavy atom. The summed E-state index contributed by atoms with van der Waals surface area (Å²) in [5.41, 5.74) is 7.84. The number of carbonyl (C=O) groups is 2. The highest BCUT2D eigenvalue weighted by Gasteiger charge is 2.19. The fourth-order valence-corrected chi connectivity index (χ4v) is 3.88. The number of primary amides is 1.